The fraction of sp³-hybridized carbons (Fsp3) is 0.400. The van der Waals surface area contributed by atoms with Gasteiger partial charge in [0, 0.05) is 6.54 Å². The van der Waals surface area contributed by atoms with Crippen molar-refractivity contribution in [1.82, 2.24) is 9.78 Å². The summed E-state index contributed by atoms with van der Waals surface area (Å²) in [4.78, 5) is 0. The Balaban J connectivity index is 2.52. The molecule has 1 aromatic heterocycles. The van der Waals surface area contributed by atoms with Crippen molar-refractivity contribution in [2.45, 2.75) is 32.4 Å². The van der Waals surface area contributed by atoms with Gasteiger partial charge in [-0.05, 0) is 31.0 Å². The van der Waals surface area contributed by atoms with E-state index >= 15 is 0 Å². The van der Waals surface area contributed by atoms with Crippen molar-refractivity contribution in [2.24, 2.45) is 0 Å². The van der Waals surface area contributed by atoms with Crippen LogP contribution < -0.4 is 4.74 Å². The molecule has 0 spiro atoms. The van der Waals surface area contributed by atoms with Gasteiger partial charge in [-0.1, -0.05) is 19.1 Å². The van der Waals surface area contributed by atoms with Gasteiger partial charge >= 0.3 is 0 Å². The van der Waals surface area contributed by atoms with E-state index in [9.17, 15) is 10.2 Å². The number of rotatable bonds is 5. The molecule has 0 aliphatic rings. The lowest BCUT2D eigenvalue weighted by Gasteiger charge is -2.26. The fourth-order valence-corrected chi connectivity index (χ4v) is 2.31. The van der Waals surface area contributed by atoms with E-state index in [1.807, 2.05) is 6.92 Å². The first-order chi connectivity index (χ1) is 9.50. The maximum Gasteiger partial charge on any atom is 0.163 e. The highest BCUT2D eigenvalue weighted by Crippen LogP contribution is 2.35. The summed E-state index contributed by atoms with van der Waals surface area (Å²) in [7, 11) is 1.56. The maximum atomic E-state index is 10.9. The number of hydrogen-bond acceptors (Lipinski definition) is 4. The molecule has 0 amide bonds. The van der Waals surface area contributed by atoms with Crippen LogP contribution in [0.5, 0.6) is 11.5 Å². The molecule has 108 valence electrons. The van der Waals surface area contributed by atoms with E-state index < -0.39 is 5.60 Å². The molecule has 2 aromatic rings. The maximum absolute atomic E-state index is 10.9. The average molecular weight is 276 g/mol. The van der Waals surface area contributed by atoms with Crippen LogP contribution in [0.15, 0.2) is 30.5 Å². The van der Waals surface area contributed by atoms with Crippen LogP contribution in [0.25, 0.3) is 0 Å². The van der Waals surface area contributed by atoms with Gasteiger partial charge in [0.1, 0.15) is 17.0 Å². The van der Waals surface area contributed by atoms with Crippen LogP contribution >= 0.6 is 0 Å². The van der Waals surface area contributed by atoms with Crippen LogP contribution in [0.3, 0.4) is 0 Å². The summed E-state index contributed by atoms with van der Waals surface area (Å²) in [5.41, 5.74) is 0.0454. The Morgan fingerprint density at radius 2 is 1.95 bits per heavy atom. The van der Waals surface area contributed by atoms with E-state index in [2.05, 4.69) is 5.10 Å². The minimum atomic E-state index is -1.25. The molecule has 1 aromatic carbocycles. The Hall–Kier alpha value is -2.01. The van der Waals surface area contributed by atoms with E-state index in [1.54, 1.807) is 49.2 Å². The number of hydrogen-bond donors (Lipinski definition) is 2. The number of aromatic hydroxyl groups is 1. The van der Waals surface area contributed by atoms with E-state index in [0.29, 0.717) is 23.6 Å². The Bertz CT molecular complexity index is 573. The second kappa shape index (κ2) is 5.54. The largest absolute Gasteiger partial charge is 0.508 e. The lowest BCUT2D eigenvalue weighted by Crippen LogP contribution is -2.27. The van der Waals surface area contributed by atoms with Gasteiger partial charge in [0.05, 0.1) is 13.3 Å². The molecule has 2 N–H and O–H groups in total. The topological polar surface area (TPSA) is 67.5 Å². The first kappa shape index (κ1) is 14.4. The van der Waals surface area contributed by atoms with Crippen LogP contribution in [0.4, 0.5) is 0 Å². The highest BCUT2D eigenvalue weighted by atomic mass is 16.5. The molecule has 0 radical (unpaired) electrons. The number of methoxy groups -OCH3 is 1. The number of nitrogens with zero attached hydrogens (tertiary/aromatic N) is 2. The van der Waals surface area contributed by atoms with Crippen molar-refractivity contribution < 1.29 is 14.9 Å². The summed E-state index contributed by atoms with van der Waals surface area (Å²) < 4.78 is 7.07. The van der Waals surface area contributed by atoms with Gasteiger partial charge in [-0.15, -0.1) is 0 Å². The molecule has 1 unspecified atom stereocenters. The fourth-order valence-electron chi connectivity index (χ4n) is 2.31. The molecule has 2 rings (SSSR count). The van der Waals surface area contributed by atoms with Gasteiger partial charge in [-0.2, -0.15) is 5.10 Å². The highest BCUT2D eigenvalue weighted by Gasteiger charge is 2.33. The Morgan fingerprint density at radius 3 is 2.50 bits per heavy atom. The summed E-state index contributed by atoms with van der Waals surface area (Å²) >= 11 is 0. The molecule has 5 nitrogen and oxygen atoms in total. The van der Waals surface area contributed by atoms with Crippen molar-refractivity contribution in [3.05, 3.63) is 41.7 Å². The van der Waals surface area contributed by atoms with E-state index in [1.165, 1.54) is 0 Å². The standard InChI is InChI=1S/C15H20N2O3/c1-4-9-17-14(13(20-3)10-16-17)15(2,19)11-5-7-12(18)8-6-11/h5-8,10,18-19H,4,9H2,1-3H3. The number of phenols is 1. The lowest BCUT2D eigenvalue weighted by atomic mass is 9.91. The van der Waals surface area contributed by atoms with Crippen molar-refractivity contribution in [2.75, 3.05) is 7.11 Å². The van der Waals surface area contributed by atoms with Gasteiger partial charge in [0.25, 0.3) is 0 Å². The third-order valence-corrected chi connectivity index (χ3v) is 3.35. The highest BCUT2D eigenvalue weighted by molar-refractivity contribution is 5.40. The number of aromatic nitrogens is 2. The van der Waals surface area contributed by atoms with Gasteiger partial charge in [-0.3, -0.25) is 4.68 Å². The molecule has 1 heterocycles. The first-order valence-electron chi connectivity index (χ1n) is 6.62. The van der Waals surface area contributed by atoms with Crippen LogP contribution in [0.2, 0.25) is 0 Å². The zero-order valence-electron chi connectivity index (χ0n) is 12.0. The Morgan fingerprint density at radius 1 is 1.30 bits per heavy atom. The minimum Gasteiger partial charge on any atom is -0.508 e. The van der Waals surface area contributed by atoms with Crippen molar-refractivity contribution in [1.29, 1.82) is 0 Å². The molecule has 0 aliphatic heterocycles. The summed E-state index contributed by atoms with van der Waals surface area (Å²) in [5.74, 6) is 0.718. The number of ether oxygens (including phenoxy) is 1. The average Bonchev–Trinajstić information content (AvgIpc) is 2.83. The molecule has 5 heteroatoms. The van der Waals surface area contributed by atoms with E-state index in [-0.39, 0.29) is 5.75 Å². The third kappa shape index (κ3) is 2.49. The van der Waals surface area contributed by atoms with Gasteiger partial charge in [0.15, 0.2) is 5.75 Å². The molecule has 0 saturated heterocycles. The van der Waals surface area contributed by atoms with Crippen molar-refractivity contribution in [3.63, 3.8) is 0 Å². The Kier molecular flexibility index (Phi) is 3.99. The predicted molar refractivity (Wildman–Crippen MR) is 75.8 cm³/mol. The zero-order chi connectivity index (χ0) is 14.8. The number of benzene rings is 1. The van der Waals surface area contributed by atoms with E-state index in [0.717, 1.165) is 6.42 Å². The molecular weight excluding hydrogens is 256 g/mol. The minimum absolute atomic E-state index is 0.165. The van der Waals surface area contributed by atoms with Crippen LogP contribution in [0, 0.1) is 0 Å². The van der Waals surface area contributed by atoms with E-state index in [4.69, 9.17) is 4.74 Å². The summed E-state index contributed by atoms with van der Waals surface area (Å²) in [6, 6.07) is 6.49. The van der Waals surface area contributed by atoms with Crippen LogP contribution in [0.1, 0.15) is 31.5 Å². The summed E-state index contributed by atoms with van der Waals surface area (Å²) in [5, 5.41) is 24.6. The quantitative estimate of drug-likeness (QED) is 0.879. The molecule has 0 bridgehead atoms. The van der Waals surface area contributed by atoms with Crippen molar-refractivity contribution in [3.8, 4) is 11.5 Å². The van der Waals surface area contributed by atoms with Crippen molar-refractivity contribution >= 4 is 0 Å². The second-order valence-corrected chi connectivity index (χ2v) is 4.90. The molecule has 0 fully saturated rings. The lowest BCUT2D eigenvalue weighted by molar-refractivity contribution is 0.0881. The Labute approximate surface area is 118 Å². The van der Waals surface area contributed by atoms with Gasteiger partial charge < -0.3 is 14.9 Å². The number of aryl methyl sites for hydroxylation is 1. The predicted octanol–water partition coefficient (Wildman–Crippen LogP) is 2.26. The number of phenolic OH excluding ortho intramolecular Hbond substituents is 1. The van der Waals surface area contributed by atoms with Gasteiger partial charge in [0.2, 0.25) is 0 Å². The monoisotopic (exact) mass is 276 g/mol. The third-order valence-electron chi connectivity index (χ3n) is 3.35. The first-order valence-corrected chi connectivity index (χ1v) is 6.62. The van der Waals surface area contributed by atoms with Gasteiger partial charge in [-0.25, -0.2) is 0 Å². The zero-order valence-corrected chi connectivity index (χ0v) is 12.0. The second-order valence-electron chi connectivity index (χ2n) is 4.90. The SMILES string of the molecule is CCCn1ncc(OC)c1C(C)(O)c1ccc(O)cc1. The number of aliphatic hydroxyl groups is 1. The molecule has 1 atom stereocenters. The normalized spacial score (nSPS) is 14.0. The van der Waals surface area contributed by atoms with Crippen LogP contribution in [-0.4, -0.2) is 27.1 Å². The molecular formula is C15H20N2O3. The summed E-state index contributed by atoms with van der Waals surface area (Å²) in [6.45, 7) is 4.45. The molecule has 0 aliphatic carbocycles. The molecule has 0 saturated carbocycles. The smallest absolute Gasteiger partial charge is 0.163 e. The molecule has 20 heavy (non-hydrogen) atoms. The summed E-state index contributed by atoms with van der Waals surface area (Å²) in [6.07, 6.45) is 2.52. The van der Waals surface area contributed by atoms with Crippen LogP contribution in [-0.2, 0) is 12.1 Å².